The monoisotopic (exact) mass is 362 g/mol. The first-order chi connectivity index (χ1) is 12.1. The van der Waals surface area contributed by atoms with Crippen LogP contribution in [0.5, 0.6) is 11.5 Å². The third-order valence-corrected chi connectivity index (χ3v) is 4.73. The Morgan fingerprint density at radius 3 is 2.84 bits per heavy atom. The number of nitrogens with zero attached hydrogens (tertiary/aromatic N) is 2. The minimum absolute atomic E-state index is 0.202. The van der Waals surface area contributed by atoms with Crippen LogP contribution in [-0.2, 0) is 0 Å². The molecule has 25 heavy (non-hydrogen) atoms. The molecule has 6 nitrogen and oxygen atoms in total. The summed E-state index contributed by atoms with van der Waals surface area (Å²) in [5.41, 5.74) is 5.75. The highest BCUT2D eigenvalue weighted by molar-refractivity contribution is 6.30. The Labute approximate surface area is 152 Å². The van der Waals surface area contributed by atoms with E-state index in [1.165, 1.54) is 6.42 Å². The number of hydrogen-bond donors (Lipinski definition) is 3. The van der Waals surface area contributed by atoms with Crippen molar-refractivity contribution in [2.75, 3.05) is 17.7 Å². The third kappa shape index (κ3) is 4.96. The molecule has 134 valence electrons. The van der Waals surface area contributed by atoms with Gasteiger partial charge in [-0.05, 0) is 49.4 Å². The van der Waals surface area contributed by atoms with Crippen molar-refractivity contribution in [1.29, 1.82) is 0 Å². The minimum Gasteiger partial charge on any atom is -0.452 e. The molecule has 2 aromatic rings. The molecule has 0 spiro atoms. The van der Waals surface area contributed by atoms with E-state index in [0.29, 0.717) is 28.3 Å². The topological polar surface area (TPSA) is 93.3 Å². The molecule has 4 N–H and O–H groups in total. The van der Waals surface area contributed by atoms with Crippen LogP contribution in [0.15, 0.2) is 30.5 Å². The summed E-state index contributed by atoms with van der Waals surface area (Å²) in [7, 11) is 0. The normalized spacial score (nSPS) is 20.2. The van der Waals surface area contributed by atoms with Crippen LogP contribution < -0.4 is 15.8 Å². The van der Waals surface area contributed by atoms with Crippen molar-refractivity contribution in [3.05, 3.63) is 35.5 Å². The van der Waals surface area contributed by atoms with Gasteiger partial charge in [-0.2, -0.15) is 4.98 Å². The number of halogens is 1. The van der Waals surface area contributed by atoms with E-state index in [9.17, 15) is 5.11 Å². The minimum atomic E-state index is 0.202. The average molecular weight is 363 g/mol. The summed E-state index contributed by atoms with van der Waals surface area (Å²) in [6, 6.07) is 7.40. The van der Waals surface area contributed by atoms with Crippen molar-refractivity contribution < 1.29 is 9.84 Å². The Hall–Kier alpha value is -2.05. The molecule has 0 amide bonds. The number of ether oxygens (including phenoxy) is 1. The Morgan fingerprint density at radius 2 is 2.08 bits per heavy atom. The van der Waals surface area contributed by atoms with E-state index in [-0.39, 0.29) is 18.6 Å². The Kier molecular flexibility index (Phi) is 5.94. The third-order valence-electron chi connectivity index (χ3n) is 4.48. The van der Waals surface area contributed by atoms with Crippen LogP contribution in [0, 0.1) is 5.92 Å². The van der Waals surface area contributed by atoms with Crippen LogP contribution in [0.2, 0.25) is 5.02 Å². The summed E-state index contributed by atoms with van der Waals surface area (Å²) in [4.78, 5) is 8.34. The number of benzene rings is 1. The van der Waals surface area contributed by atoms with Gasteiger partial charge in [0, 0.05) is 17.7 Å². The van der Waals surface area contributed by atoms with E-state index in [1.807, 2.05) is 0 Å². The summed E-state index contributed by atoms with van der Waals surface area (Å²) < 4.78 is 5.89. The second-order valence-electron chi connectivity index (χ2n) is 6.38. The highest BCUT2D eigenvalue weighted by Gasteiger charge is 2.23. The van der Waals surface area contributed by atoms with Gasteiger partial charge in [0.15, 0.2) is 11.6 Å². The molecule has 0 radical (unpaired) electrons. The summed E-state index contributed by atoms with van der Waals surface area (Å²) in [5, 5.41) is 13.3. The van der Waals surface area contributed by atoms with Crippen LogP contribution in [-0.4, -0.2) is 27.7 Å². The first kappa shape index (κ1) is 17.8. The predicted octanol–water partition coefficient (Wildman–Crippen LogP) is 3.86. The lowest BCUT2D eigenvalue weighted by Crippen LogP contribution is -2.28. The van der Waals surface area contributed by atoms with Crippen molar-refractivity contribution in [2.45, 2.75) is 38.1 Å². The van der Waals surface area contributed by atoms with Crippen molar-refractivity contribution in [3.8, 4) is 11.5 Å². The van der Waals surface area contributed by atoms with Crippen LogP contribution in [0.3, 0.4) is 0 Å². The highest BCUT2D eigenvalue weighted by Crippen LogP contribution is 2.33. The van der Waals surface area contributed by atoms with Gasteiger partial charge in [-0.15, -0.1) is 0 Å². The molecular formula is C18H23ClN4O2. The van der Waals surface area contributed by atoms with Crippen LogP contribution in [0.1, 0.15) is 32.1 Å². The molecule has 1 aromatic carbocycles. The molecule has 1 aliphatic rings. The molecule has 0 saturated heterocycles. The van der Waals surface area contributed by atoms with E-state index >= 15 is 0 Å². The smallest absolute Gasteiger partial charge is 0.222 e. The van der Waals surface area contributed by atoms with Gasteiger partial charge in [0.1, 0.15) is 5.75 Å². The number of rotatable bonds is 6. The molecule has 3 rings (SSSR count). The summed E-state index contributed by atoms with van der Waals surface area (Å²) in [6.07, 6.45) is 6.79. The lowest BCUT2D eigenvalue weighted by molar-refractivity contribution is 0.224. The average Bonchev–Trinajstić information content (AvgIpc) is 2.60. The number of anilines is 2. The standard InChI is InChI=1S/C18H23ClN4O2/c19-13-4-6-15(7-5-13)25-16-11-21-18(20)23-17(16)22-14-3-1-2-12(10-14)8-9-24/h4-7,11-12,14,24H,1-3,8-10H2,(H3,20,21,22,23)/t12-,14+/m0/s1. The number of aromatic nitrogens is 2. The van der Waals surface area contributed by atoms with E-state index in [2.05, 4.69) is 15.3 Å². The Bertz CT molecular complexity index is 694. The summed E-state index contributed by atoms with van der Waals surface area (Å²) >= 11 is 5.91. The van der Waals surface area contributed by atoms with Gasteiger partial charge in [0.2, 0.25) is 5.95 Å². The van der Waals surface area contributed by atoms with Crippen LogP contribution >= 0.6 is 11.6 Å². The van der Waals surface area contributed by atoms with Gasteiger partial charge >= 0.3 is 0 Å². The second-order valence-corrected chi connectivity index (χ2v) is 6.82. The fraction of sp³-hybridized carbons (Fsp3) is 0.444. The molecule has 1 aliphatic carbocycles. The van der Waals surface area contributed by atoms with Crippen molar-refractivity contribution >= 4 is 23.4 Å². The Balaban J connectivity index is 1.73. The number of hydrogen-bond acceptors (Lipinski definition) is 6. The SMILES string of the molecule is Nc1ncc(Oc2ccc(Cl)cc2)c(N[C@@H]2CCC[C@@H](CCO)C2)n1. The molecule has 0 bridgehead atoms. The number of aliphatic hydroxyl groups excluding tert-OH is 1. The molecule has 1 heterocycles. The maximum absolute atomic E-state index is 9.17. The zero-order valence-electron chi connectivity index (χ0n) is 14.0. The number of nitrogen functional groups attached to an aromatic ring is 1. The maximum Gasteiger partial charge on any atom is 0.222 e. The van der Waals surface area contributed by atoms with Crippen molar-refractivity contribution in [2.24, 2.45) is 5.92 Å². The molecule has 1 saturated carbocycles. The van der Waals surface area contributed by atoms with E-state index in [4.69, 9.17) is 22.1 Å². The number of nitrogens with one attached hydrogen (secondary N) is 1. The van der Waals surface area contributed by atoms with E-state index < -0.39 is 0 Å². The van der Waals surface area contributed by atoms with Gasteiger partial charge in [-0.3, -0.25) is 0 Å². The molecule has 0 unspecified atom stereocenters. The van der Waals surface area contributed by atoms with Gasteiger partial charge in [0.05, 0.1) is 6.20 Å². The van der Waals surface area contributed by atoms with E-state index in [1.54, 1.807) is 30.5 Å². The van der Waals surface area contributed by atoms with E-state index in [0.717, 1.165) is 25.7 Å². The fourth-order valence-electron chi connectivity index (χ4n) is 3.25. The fourth-order valence-corrected chi connectivity index (χ4v) is 3.38. The number of aliphatic hydroxyl groups is 1. The summed E-state index contributed by atoms with van der Waals surface area (Å²) in [6.45, 7) is 0.239. The van der Waals surface area contributed by atoms with Crippen LogP contribution in [0.25, 0.3) is 0 Å². The lowest BCUT2D eigenvalue weighted by atomic mass is 9.84. The molecule has 1 fully saturated rings. The molecule has 1 aromatic heterocycles. The zero-order chi connectivity index (χ0) is 17.6. The molecular weight excluding hydrogens is 340 g/mol. The predicted molar refractivity (Wildman–Crippen MR) is 99.0 cm³/mol. The molecule has 2 atom stereocenters. The summed E-state index contributed by atoms with van der Waals surface area (Å²) in [5.74, 6) is 2.52. The van der Waals surface area contributed by atoms with Gasteiger partial charge < -0.3 is 20.9 Å². The molecule has 0 aliphatic heterocycles. The first-order valence-corrected chi connectivity index (χ1v) is 8.95. The zero-order valence-corrected chi connectivity index (χ0v) is 14.7. The quantitative estimate of drug-likeness (QED) is 0.722. The lowest BCUT2D eigenvalue weighted by Gasteiger charge is -2.30. The first-order valence-electron chi connectivity index (χ1n) is 8.57. The maximum atomic E-state index is 9.17. The number of nitrogens with two attached hydrogens (primary N) is 1. The van der Waals surface area contributed by atoms with Gasteiger partial charge in [-0.25, -0.2) is 4.98 Å². The van der Waals surface area contributed by atoms with Crippen molar-refractivity contribution in [1.82, 2.24) is 9.97 Å². The highest BCUT2D eigenvalue weighted by atomic mass is 35.5. The van der Waals surface area contributed by atoms with Crippen molar-refractivity contribution in [3.63, 3.8) is 0 Å². The van der Waals surface area contributed by atoms with Gasteiger partial charge in [-0.1, -0.05) is 24.4 Å². The largest absolute Gasteiger partial charge is 0.452 e. The molecule has 7 heteroatoms. The Morgan fingerprint density at radius 1 is 1.28 bits per heavy atom. The second kappa shape index (κ2) is 8.36. The van der Waals surface area contributed by atoms with Gasteiger partial charge in [0.25, 0.3) is 0 Å². The van der Waals surface area contributed by atoms with Crippen LogP contribution in [0.4, 0.5) is 11.8 Å².